The van der Waals surface area contributed by atoms with Crippen molar-refractivity contribution in [1.82, 2.24) is 0 Å². The smallest absolute Gasteiger partial charge is 0.338 e. The van der Waals surface area contributed by atoms with Gasteiger partial charge in [-0.25, -0.2) is 9.18 Å². The number of carboxylic acid groups (broad SMARTS) is 1. The second-order valence-corrected chi connectivity index (χ2v) is 4.00. The van der Waals surface area contributed by atoms with E-state index in [1.165, 1.54) is 6.07 Å². The topological polar surface area (TPSA) is 66.4 Å². The minimum atomic E-state index is -1.36. The van der Waals surface area contributed by atoms with Gasteiger partial charge in [0, 0.05) is 11.6 Å². The second kappa shape index (κ2) is 6.14. The predicted octanol–water partition coefficient (Wildman–Crippen LogP) is 2.90. The van der Waals surface area contributed by atoms with Crippen LogP contribution in [0.25, 0.3) is 0 Å². The van der Waals surface area contributed by atoms with Gasteiger partial charge in [-0.05, 0) is 31.0 Å². The largest absolute Gasteiger partial charge is 0.478 e. The highest BCUT2D eigenvalue weighted by Gasteiger charge is 2.16. The maximum atomic E-state index is 13.2. The highest BCUT2D eigenvalue weighted by molar-refractivity contribution is 5.95. The third-order valence-corrected chi connectivity index (χ3v) is 2.82. The Bertz CT molecular complexity index is 456. The Morgan fingerprint density at radius 3 is 2.44 bits per heavy atom. The number of hydrogen-bond donors (Lipinski definition) is 2. The van der Waals surface area contributed by atoms with Gasteiger partial charge < -0.3 is 10.4 Å². The number of aromatic carboxylic acids is 1. The summed E-state index contributed by atoms with van der Waals surface area (Å²) in [6.07, 6.45) is 1.41. The summed E-state index contributed by atoms with van der Waals surface area (Å²) in [5.41, 5.74) is -0.150. The zero-order chi connectivity index (χ0) is 13.7. The molecule has 0 fully saturated rings. The Kier molecular flexibility index (Phi) is 4.83. The van der Waals surface area contributed by atoms with Crippen LogP contribution < -0.4 is 5.32 Å². The molecule has 0 spiro atoms. The molecule has 2 N–H and O–H groups in total. The Morgan fingerprint density at radius 1 is 1.33 bits per heavy atom. The first-order valence-corrected chi connectivity index (χ1v) is 5.83. The summed E-state index contributed by atoms with van der Waals surface area (Å²) < 4.78 is 13.2. The third-order valence-electron chi connectivity index (χ3n) is 2.82. The summed E-state index contributed by atoms with van der Waals surface area (Å²) >= 11 is 0. The summed E-state index contributed by atoms with van der Waals surface area (Å²) in [6, 6.07) is 3.51. The fourth-order valence-electron chi connectivity index (χ4n) is 1.67. The quantitative estimate of drug-likeness (QED) is 0.847. The number of halogens is 1. The lowest BCUT2D eigenvalue weighted by Gasteiger charge is -2.13. The molecule has 0 atom stereocenters. The van der Waals surface area contributed by atoms with Gasteiger partial charge >= 0.3 is 5.97 Å². The summed E-state index contributed by atoms with van der Waals surface area (Å²) in [5.74, 6) is -2.47. The zero-order valence-corrected chi connectivity index (χ0v) is 10.4. The van der Waals surface area contributed by atoms with Crippen molar-refractivity contribution in [3.63, 3.8) is 0 Å². The molecule has 0 heterocycles. The average molecular weight is 253 g/mol. The maximum absolute atomic E-state index is 13.2. The van der Waals surface area contributed by atoms with Crippen LogP contribution in [0.5, 0.6) is 0 Å². The summed E-state index contributed by atoms with van der Waals surface area (Å²) in [7, 11) is 0. The molecule has 4 nitrogen and oxygen atoms in total. The van der Waals surface area contributed by atoms with E-state index in [0.717, 1.165) is 12.1 Å². The van der Waals surface area contributed by atoms with Crippen molar-refractivity contribution in [3.8, 4) is 0 Å². The standard InChI is InChI=1S/C13H16FNO3/c1-3-8(4-2)12(16)15-9-5-6-11(14)10(7-9)13(17)18/h5-8H,3-4H2,1-2H3,(H,15,16)(H,17,18). The van der Waals surface area contributed by atoms with Crippen molar-refractivity contribution in [2.75, 3.05) is 5.32 Å². The molecule has 0 saturated carbocycles. The van der Waals surface area contributed by atoms with E-state index in [0.29, 0.717) is 18.5 Å². The number of carbonyl (C=O) groups is 2. The van der Waals surface area contributed by atoms with Crippen molar-refractivity contribution >= 4 is 17.6 Å². The Balaban J connectivity index is 2.89. The molecule has 1 aromatic carbocycles. The van der Waals surface area contributed by atoms with E-state index in [1.807, 2.05) is 13.8 Å². The van der Waals surface area contributed by atoms with Gasteiger partial charge in [-0.2, -0.15) is 0 Å². The van der Waals surface area contributed by atoms with Crippen molar-refractivity contribution in [3.05, 3.63) is 29.6 Å². The van der Waals surface area contributed by atoms with E-state index in [1.54, 1.807) is 0 Å². The highest BCUT2D eigenvalue weighted by Crippen LogP contribution is 2.17. The predicted molar refractivity (Wildman–Crippen MR) is 66.1 cm³/mol. The van der Waals surface area contributed by atoms with Gasteiger partial charge in [-0.1, -0.05) is 13.8 Å². The summed E-state index contributed by atoms with van der Waals surface area (Å²) in [4.78, 5) is 22.5. The van der Waals surface area contributed by atoms with E-state index in [9.17, 15) is 14.0 Å². The lowest BCUT2D eigenvalue weighted by Crippen LogP contribution is -2.21. The molecule has 0 aliphatic carbocycles. The minimum absolute atomic E-state index is 0.122. The van der Waals surface area contributed by atoms with E-state index in [-0.39, 0.29) is 11.8 Å². The second-order valence-electron chi connectivity index (χ2n) is 4.00. The molecule has 0 aromatic heterocycles. The van der Waals surface area contributed by atoms with Crippen LogP contribution in [0.4, 0.5) is 10.1 Å². The molecule has 0 aliphatic heterocycles. The maximum Gasteiger partial charge on any atom is 0.338 e. The normalized spacial score (nSPS) is 10.4. The van der Waals surface area contributed by atoms with Gasteiger partial charge in [0.05, 0.1) is 5.56 Å². The summed E-state index contributed by atoms with van der Waals surface area (Å²) in [5, 5.41) is 11.4. The third kappa shape index (κ3) is 3.29. The number of rotatable bonds is 5. The molecular formula is C13H16FNO3. The number of nitrogens with one attached hydrogen (secondary N) is 1. The van der Waals surface area contributed by atoms with Gasteiger partial charge in [0.1, 0.15) is 5.82 Å². The number of hydrogen-bond acceptors (Lipinski definition) is 2. The summed E-state index contributed by atoms with van der Waals surface area (Å²) in [6.45, 7) is 3.81. The van der Waals surface area contributed by atoms with Gasteiger partial charge in [0.25, 0.3) is 0 Å². The first kappa shape index (κ1) is 14.2. The Labute approximate surface area is 105 Å². The number of amides is 1. The average Bonchev–Trinajstić information content (AvgIpc) is 2.32. The highest BCUT2D eigenvalue weighted by atomic mass is 19.1. The first-order valence-electron chi connectivity index (χ1n) is 5.83. The van der Waals surface area contributed by atoms with Crippen molar-refractivity contribution in [1.29, 1.82) is 0 Å². The molecule has 1 aromatic rings. The lowest BCUT2D eigenvalue weighted by atomic mass is 10.0. The number of benzene rings is 1. The van der Waals surface area contributed by atoms with Gasteiger partial charge in [0.15, 0.2) is 0 Å². The van der Waals surface area contributed by atoms with Gasteiger partial charge in [0.2, 0.25) is 5.91 Å². The molecule has 0 bridgehead atoms. The number of carboxylic acids is 1. The number of carbonyl (C=O) groups excluding carboxylic acids is 1. The van der Waals surface area contributed by atoms with E-state index in [4.69, 9.17) is 5.11 Å². The molecule has 0 aliphatic rings. The van der Waals surface area contributed by atoms with E-state index >= 15 is 0 Å². The van der Waals surface area contributed by atoms with E-state index < -0.39 is 17.3 Å². The van der Waals surface area contributed by atoms with Crippen LogP contribution in [0.2, 0.25) is 0 Å². The van der Waals surface area contributed by atoms with Crippen molar-refractivity contribution in [2.45, 2.75) is 26.7 Å². The molecule has 5 heteroatoms. The zero-order valence-electron chi connectivity index (χ0n) is 10.4. The SMILES string of the molecule is CCC(CC)C(=O)Nc1ccc(F)c(C(=O)O)c1. The van der Waals surface area contributed by atoms with Crippen LogP contribution in [-0.4, -0.2) is 17.0 Å². The molecule has 0 radical (unpaired) electrons. The Morgan fingerprint density at radius 2 is 1.94 bits per heavy atom. The molecule has 1 amide bonds. The van der Waals surface area contributed by atoms with Crippen LogP contribution in [0, 0.1) is 11.7 Å². The van der Waals surface area contributed by atoms with Crippen LogP contribution in [0.3, 0.4) is 0 Å². The van der Waals surface area contributed by atoms with E-state index in [2.05, 4.69) is 5.32 Å². The molecule has 1 rings (SSSR count). The molecular weight excluding hydrogens is 237 g/mol. The van der Waals surface area contributed by atoms with Crippen LogP contribution in [0.15, 0.2) is 18.2 Å². The van der Waals surface area contributed by atoms with Crippen molar-refractivity contribution < 1.29 is 19.1 Å². The van der Waals surface area contributed by atoms with Gasteiger partial charge in [-0.15, -0.1) is 0 Å². The number of anilines is 1. The van der Waals surface area contributed by atoms with Gasteiger partial charge in [-0.3, -0.25) is 4.79 Å². The molecule has 98 valence electrons. The van der Waals surface area contributed by atoms with Crippen LogP contribution >= 0.6 is 0 Å². The van der Waals surface area contributed by atoms with Crippen LogP contribution in [0.1, 0.15) is 37.0 Å². The van der Waals surface area contributed by atoms with Crippen molar-refractivity contribution in [2.24, 2.45) is 5.92 Å². The Hall–Kier alpha value is -1.91. The minimum Gasteiger partial charge on any atom is -0.478 e. The monoisotopic (exact) mass is 253 g/mol. The lowest BCUT2D eigenvalue weighted by molar-refractivity contribution is -0.120. The molecule has 0 saturated heterocycles. The fraction of sp³-hybridized carbons (Fsp3) is 0.385. The molecule has 18 heavy (non-hydrogen) atoms. The molecule has 0 unspecified atom stereocenters. The fourth-order valence-corrected chi connectivity index (χ4v) is 1.67. The first-order chi connectivity index (χ1) is 8.49. The van der Waals surface area contributed by atoms with Crippen LogP contribution in [-0.2, 0) is 4.79 Å².